The van der Waals surface area contributed by atoms with Crippen LogP contribution in [0.25, 0.3) is 0 Å². The van der Waals surface area contributed by atoms with E-state index in [1.165, 1.54) is 0 Å². The Balaban J connectivity index is 2.27. The molecule has 1 aromatic carbocycles. The highest BCUT2D eigenvalue weighted by Gasteiger charge is 2.46. The molecule has 4 heteroatoms. The third kappa shape index (κ3) is 2.16. The van der Waals surface area contributed by atoms with Crippen LogP contribution in [-0.2, 0) is 10.2 Å². The molecule has 94 valence electrons. The number of aliphatic hydroxyl groups excluding tert-OH is 1. The summed E-state index contributed by atoms with van der Waals surface area (Å²) in [6.45, 7) is 3.85. The molecule has 4 nitrogen and oxygen atoms in total. The number of nitrogens with two attached hydrogens (primary N) is 1. The summed E-state index contributed by atoms with van der Waals surface area (Å²) in [5.74, 6) is 0.820. The van der Waals surface area contributed by atoms with Gasteiger partial charge in [0.1, 0.15) is 5.75 Å². The van der Waals surface area contributed by atoms with Crippen LogP contribution in [0.5, 0.6) is 5.75 Å². The molecule has 0 spiro atoms. The minimum atomic E-state index is -0.576. The van der Waals surface area contributed by atoms with E-state index in [0.717, 1.165) is 11.3 Å². The fourth-order valence-electron chi connectivity index (χ4n) is 2.16. The number of hydrogen-bond acceptors (Lipinski definition) is 4. The van der Waals surface area contributed by atoms with Gasteiger partial charge in [-0.25, -0.2) is 0 Å². The van der Waals surface area contributed by atoms with Crippen LogP contribution in [0.3, 0.4) is 0 Å². The maximum absolute atomic E-state index is 10.1. The zero-order valence-electron chi connectivity index (χ0n) is 10.1. The van der Waals surface area contributed by atoms with Gasteiger partial charge in [-0.05, 0) is 24.6 Å². The van der Waals surface area contributed by atoms with Crippen LogP contribution in [0.2, 0.25) is 0 Å². The molecule has 1 saturated heterocycles. The van der Waals surface area contributed by atoms with Gasteiger partial charge in [0.15, 0.2) is 0 Å². The Kier molecular flexibility index (Phi) is 3.66. The lowest BCUT2D eigenvalue weighted by Gasteiger charge is -2.45. The van der Waals surface area contributed by atoms with E-state index in [2.05, 4.69) is 0 Å². The molecule has 17 heavy (non-hydrogen) atoms. The van der Waals surface area contributed by atoms with Crippen molar-refractivity contribution in [1.29, 1.82) is 0 Å². The summed E-state index contributed by atoms with van der Waals surface area (Å²) < 4.78 is 10.7. The predicted octanol–water partition coefficient (Wildman–Crippen LogP) is 0.673. The van der Waals surface area contributed by atoms with Gasteiger partial charge in [-0.2, -0.15) is 0 Å². The summed E-state index contributed by atoms with van der Waals surface area (Å²) >= 11 is 0. The molecule has 0 aromatic heterocycles. The SMILES string of the molecule is CCOc1cccc(C2(C(O)CN)COC2)c1. The zero-order chi connectivity index (χ0) is 12.3. The molecule has 1 aliphatic rings. The van der Waals surface area contributed by atoms with E-state index in [9.17, 15) is 5.11 Å². The van der Waals surface area contributed by atoms with Gasteiger partial charge >= 0.3 is 0 Å². The number of hydrogen-bond donors (Lipinski definition) is 2. The van der Waals surface area contributed by atoms with Gasteiger partial charge in [0.25, 0.3) is 0 Å². The van der Waals surface area contributed by atoms with E-state index in [1.807, 2.05) is 31.2 Å². The van der Waals surface area contributed by atoms with Crippen molar-refractivity contribution in [2.45, 2.75) is 18.4 Å². The molecule has 2 rings (SSSR count). The van der Waals surface area contributed by atoms with Crippen molar-refractivity contribution in [3.05, 3.63) is 29.8 Å². The molecule has 0 amide bonds. The van der Waals surface area contributed by atoms with Gasteiger partial charge in [0, 0.05) is 6.54 Å². The van der Waals surface area contributed by atoms with E-state index in [-0.39, 0.29) is 12.0 Å². The first-order valence-electron chi connectivity index (χ1n) is 5.92. The number of aliphatic hydroxyl groups is 1. The second kappa shape index (κ2) is 5.04. The Morgan fingerprint density at radius 2 is 2.29 bits per heavy atom. The molecule has 1 heterocycles. The second-order valence-electron chi connectivity index (χ2n) is 4.36. The standard InChI is InChI=1S/C13H19NO3/c1-2-17-11-5-3-4-10(6-11)13(8-16-9-13)12(15)7-14/h3-6,12,15H,2,7-9,14H2,1H3. The highest BCUT2D eigenvalue weighted by Crippen LogP contribution is 2.37. The maximum Gasteiger partial charge on any atom is 0.119 e. The average Bonchev–Trinajstić information content (AvgIpc) is 2.28. The first kappa shape index (κ1) is 12.4. The Morgan fingerprint density at radius 1 is 1.53 bits per heavy atom. The molecule has 3 N–H and O–H groups in total. The van der Waals surface area contributed by atoms with Crippen molar-refractivity contribution in [2.75, 3.05) is 26.4 Å². The van der Waals surface area contributed by atoms with Crippen LogP contribution in [-0.4, -0.2) is 37.6 Å². The van der Waals surface area contributed by atoms with Crippen molar-refractivity contribution in [2.24, 2.45) is 5.73 Å². The molecule has 0 radical (unpaired) electrons. The monoisotopic (exact) mass is 237 g/mol. The van der Waals surface area contributed by atoms with Crippen LogP contribution in [0.1, 0.15) is 12.5 Å². The third-order valence-electron chi connectivity index (χ3n) is 3.30. The summed E-state index contributed by atoms with van der Waals surface area (Å²) in [6.07, 6.45) is -0.576. The Labute approximate surface area is 101 Å². The quantitative estimate of drug-likeness (QED) is 0.790. The summed E-state index contributed by atoms with van der Waals surface area (Å²) in [6, 6.07) is 7.80. The topological polar surface area (TPSA) is 64.7 Å². The van der Waals surface area contributed by atoms with Crippen LogP contribution >= 0.6 is 0 Å². The van der Waals surface area contributed by atoms with Crippen molar-refractivity contribution in [3.8, 4) is 5.75 Å². The summed E-state index contributed by atoms with van der Waals surface area (Å²) in [4.78, 5) is 0. The van der Waals surface area contributed by atoms with Crippen molar-refractivity contribution in [1.82, 2.24) is 0 Å². The van der Waals surface area contributed by atoms with Gasteiger partial charge in [-0.1, -0.05) is 12.1 Å². The van der Waals surface area contributed by atoms with Gasteiger partial charge < -0.3 is 20.3 Å². The number of benzene rings is 1. The first-order valence-corrected chi connectivity index (χ1v) is 5.92. The predicted molar refractivity (Wildman–Crippen MR) is 65.2 cm³/mol. The van der Waals surface area contributed by atoms with Crippen molar-refractivity contribution < 1.29 is 14.6 Å². The summed E-state index contributed by atoms with van der Waals surface area (Å²) in [5.41, 5.74) is 6.24. The molecule has 1 unspecified atom stereocenters. The smallest absolute Gasteiger partial charge is 0.119 e. The molecule has 0 saturated carbocycles. The Hall–Kier alpha value is -1.10. The van der Waals surface area contributed by atoms with Crippen LogP contribution in [0, 0.1) is 0 Å². The Morgan fingerprint density at radius 3 is 2.82 bits per heavy atom. The molecular formula is C13H19NO3. The van der Waals surface area contributed by atoms with E-state index < -0.39 is 6.10 Å². The minimum Gasteiger partial charge on any atom is -0.494 e. The van der Waals surface area contributed by atoms with Crippen LogP contribution in [0.4, 0.5) is 0 Å². The lowest BCUT2D eigenvalue weighted by molar-refractivity contribution is -0.116. The molecule has 0 bridgehead atoms. The second-order valence-corrected chi connectivity index (χ2v) is 4.36. The highest BCUT2D eigenvalue weighted by atomic mass is 16.5. The van der Waals surface area contributed by atoms with Crippen LogP contribution < -0.4 is 10.5 Å². The number of rotatable bonds is 5. The highest BCUT2D eigenvalue weighted by molar-refractivity contribution is 5.36. The maximum atomic E-state index is 10.1. The lowest BCUT2D eigenvalue weighted by Crippen LogP contribution is -2.57. The molecule has 1 atom stereocenters. The van der Waals surface area contributed by atoms with E-state index >= 15 is 0 Å². The lowest BCUT2D eigenvalue weighted by atomic mass is 9.74. The third-order valence-corrected chi connectivity index (χ3v) is 3.30. The largest absolute Gasteiger partial charge is 0.494 e. The van der Waals surface area contributed by atoms with Gasteiger partial charge in [-0.3, -0.25) is 0 Å². The molecular weight excluding hydrogens is 218 g/mol. The summed E-state index contributed by atoms with van der Waals surface area (Å²) in [7, 11) is 0. The average molecular weight is 237 g/mol. The number of ether oxygens (including phenoxy) is 2. The van der Waals surface area contributed by atoms with E-state index in [1.54, 1.807) is 0 Å². The van der Waals surface area contributed by atoms with Crippen molar-refractivity contribution in [3.63, 3.8) is 0 Å². The van der Waals surface area contributed by atoms with Crippen LogP contribution in [0.15, 0.2) is 24.3 Å². The normalized spacial score (nSPS) is 19.5. The Bertz CT molecular complexity index is 377. The summed E-state index contributed by atoms with van der Waals surface area (Å²) in [5, 5.41) is 10.1. The fraction of sp³-hybridized carbons (Fsp3) is 0.538. The molecule has 1 aromatic rings. The first-order chi connectivity index (χ1) is 8.23. The van der Waals surface area contributed by atoms with E-state index in [0.29, 0.717) is 19.8 Å². The molecule has 1 aliphatic heterocycles. The van der Waals surface area contributed by atoms with Gasteiger partial charge in [-0.15, -0.1) is 0 Å². The molecule has 1 fully saturated rings. The van der Waals surface area contributed by atoms with Crippen molar-refractivity contribution >= 4 is 0 Å². The fourth-order valence-corrected chi connectivity index (χ4v) is 2.16. The zero-order valence-corrected chi connectivity index (χ0v) is 10.1. The van der Waals surface area contributed by atoms with Gasteiger partial charge in [0.2, 0.25) is 0 Å². The molecule has 0 aliphatic carbocycles. The van der Waals surface area contributed by atoms with Gasteiger partial charge in [0.05, 0.1) is 31.3 Å². The minimum absolute atomic E-state index is 0.238. The van der Waals surface area contributed by atoms with E-state index in [4.69, 9.17) is 15.2 Å².